The van der Waals surface area contributed by atoms with E-state index in [0.29, 0.717) is 12.1 Å². The number of hydrogen-bond donors (Lipinski definition) is 1. The predicted octanol–water partition coefficient (Wildman–Crippen LogP) is 1.45. The SMILES string of the molecule is c1ccn2nc(N3CCCC3C3CCCN3)nc2c1. The molecule has 2 unspecified atom stereocenters. The van der Waals surface area contributed by atoms with E-state index >= 15 is 0 Å². The van der Waals surface area contributed by atoms with E-state index in [0.717, 1.165) is 24.7 Å². The molecule has 0 bridgehead atoms. The van der Waals surface area contributed by atoms with Crippen molar-refractivity contribution in [3.8, 4) is 0 Å². The normalized spacial score (nSPS) is 27.5. The Hall–Kier alpha value is -1.62. The van der Waals surface area contributed by atoms with Gasteiger partial charge in [-0.05, 0) is 44.4 Å². The van der Waals surface area contributed by atoms with Gasteiger partial charge >= 0.3 is 0 Å². The molecule has 0 aliphatic carbocycles. The second-order valence-corrected chi connectivity index (χ2v) is 5.52. The third-order valence-corrected chi connectivity index (χ3v) is 4.35. The molecule has 2 saturated heterocycles. The van der Waals surface area contributed by atoms with E-state index in [4.69, 9.17) is 0 Å². The van der Waals surface area contributed by atoms with Crippen LogP contribution >= 0.6 is 0 Å². The zero-order valence-corrected chi connectivity index (χ0v) is 11.0. The van der Waals surface area contributed by atoms with Gasteiger partial charge in [-0.1, -0.05) is 6.07 Å². The molecule has 0 aromatic carbocycles. The average molecular weight is 257 g/mol. The lowest BCUT2D eigenvalue weighted by molar-refractivity contribution is 0.479. The lowest BCUT2D eigenvalue weighted by Crippen LogP contribution is -2.44. The number of pyridine rings is 1. The lowest BCUT2D eigenvalue weighted by Gasteiger charge is -2.28. The van der Waals surface area contributed by atoms with Crippen LogP contribution < -0.4 is 10.2 Å². The van der Waals surface area contributed by atoms with Crippen LogP contribution in [0, 0.1) is 0 Å². The van der Waals surface area contributed by atoms with Crippen molar-refractivity contribution >= 4 is 11.6 Å². The van der Waals surface area contributed by atoms with E-state index in [9.17, 15) is 0 Å². The molecule has 5 heteroatoms. The Bertz CT molecular complexity index is 539. The summed E-state index contributed by atoms with van der Waals surface area (Å²) in [7, 11) is 0. The van der Waals surface area contributed by atoms with Crippen LogP contribution in [-0.2, 0) is 0 Å². The average Bonchev–Trinajstić information content (AvgIpc) is 3.17. The van der Waals surface area contributed by atoms with Crippen LogP contribution in [0.2, 0.25) is 0 Å². The topological polar surface area (TPSA) is 45.5 Å². The van der Waals surface area contributed by atoms with E-state index in [1.54, 1.807) is 0 Å². The second-order valence-electron chi connectivity index (χ2n) is 5.52. The van der Waals surface area contributed by atoms with Crippen molar-refractivity contribution in [2.24, 2.45) is 0 Å². The van der Waals surface area contributed by atoms with Crippen LogP contribution in [0.4, 0.5) is 5.95 Å². The van der Waals surface area contributed by atoms with Crippen LogP contribution in [-0.4, -0.2) is 39.8 Å². The number of nitrogens with one attached hydrogen (secondary N) is 1. The van der Waals surface area contributed by atoms with Gasteiger partial charge in [0.1, 0.15) is 0 Å². The van der Waals surface area contributed by atoms with E-state index in [1.165, 1.54) is 25.7 Å². The Morgan fingerprint density at radius 1 is 1.21 bits per heavy atom. The molecule has 0 radical (unpaired) electrons. The van der Waals surface area contributed by atoms with Gasteiger partial charge < -0.3 is 10.2 Å². The van der Waals surface area contributed by atoms with Crippen LogP contribution in [0.3, 0.4) is 0 Å². The summed E-state index contributed by atoms with van der Waals surface area (Å²) in [4.78, 5) is 7.07. The summed E-state index contributed by atoms with van der Waals surface area (Å²) in [6.45, 7) is 2.24. The minimum Gasteiger partial charge on any atom is -0.335 e. The van der Waals surface area contributed by atoms with Crippen molar-refractivity contribution in [3.63, 3.8) is 0 Å². The van der Waals surface area contributed by atoms with Crippen LogP contribution in [0.1, 0.15) is 25.7 Å². The molecule has 2 aromatic rings. The molecular weight excluding hydrogens is 238 g/mol. The molecule has 2 aliphatic rings. The van der Waals surface area contributed by atoms with E-state index in [-0.39, 0.29) is 0 Å². The standard InChI is InChI=1S/C14H19N5/c1-2-10-19-13(7-1)16-14(17-19)18-9-4-6-12(18)11-5-3-8-15-11/h1-2,7,10-12,15H,3-6,8-9H2. The fourth-order valence-corrected chi connectivity index (χ4v) is 3.44. The van der Waals surface area contributed by atoms with Crippen LogP contribution in [0.25, 0.3) is 5.65 Å². The predicted molar refractivity (Wildman–Crippen MR) is 74.4 cm³/mol. The smallest absolute Gasteiger partial charge is 0.245 e. The molecule has 4 heterocycles. The monoisotopic (exact) mass is 257 g/mol. The maximum Gasteiger partial charge on any atom is 0.245 e. The highest BCUT2D eigenvalue weighted by Gasteiger charge is 2.35. The van der Waals surface area contributed by atoms with E-state index in [1.807, 2.05) is 28.9 Å². The number of hydrogen-bond acceptors (Lipinski definition) is 4. The van der Waals surface area contributed by atoms with Crippen molar-refractivity contribution in [3.05, 3.63) is 24.4 Å². The highest BCUT2D eigenvalue weighted by molar-refractivity contribution is 5.45. The summed E-state index contributed by atoms with van der Waals surface area (Å²) in [5.41, 5.74) is 0.933. The molecule has 1 N–H and O–H groups in total. The van der Waals surface area contributed by atoms with Gasteiger partial charge in [0.25, 0.3) is 0 Å². The molecule has 4 rings (SSSR count). The highest BCUT2D eigenvalue weighted by atomic mass is 15.4. The molecular formula is C14H19N5. The number of anilines is 1. The Kier molecular flexibility index (Phi) is 2.65. The van der Waals surface area contributed by atoms with E-state index in [2.05, 4.69) is 20.3 Å². The number of fused-ring (bicyclic) bond motifs is 1. The molecule has 19 heavy (non-hydrogen) atoms. The molecule has 2 aromatic heterocycles. The first-order chi connectivity index (χ1) is 9.42. The summed E-state index contributed by atoms with van der Waals surface area (Å²) < 4.78 is 1.87. The molecule has 0 spiro atoms. The third kappa shape index (κ3) is 1.89. The molecule has 0 amide bonds. The number of aromatic nitrogens is 3. The summed E-state index contributed by atoms with van der Waals surface area (Å²) >= 11 is 0. The maximum atomic E-state index is 4.67. The van der Waals surface area contributed by atoms with Crippen molar-refractivity contribution in [2.75, 3.05) is 18.0 Å². The Balaban J connectivity index is 1.66. The molecule has 2 aliphatic heterocycles. The van der Waals surface area contributed by atoms with Gasteiger partial charge in [-0.2, -0.15) is 4.98 Å². The summed E-state index contributed by atoms with van der Waals surface area (Å²) in [5, 5.41) is 8.25. The molecule has 100 valence electrons. The summed E-state index contributed by atoms with van der Waals surface area (Å²) in [6.07, 6.45) is 7.05. The Labute approximate surface area is 112 Å². The largest absolute Gasteiger partial charge is 0.335 e. The van der Waals surface area contributed by atoms with Gasteiger partial charge in [0.2, 0.25) is 5.95 Å². The molecule has 0 saturated carbocycles. The van der Waals surface area contributed by atoms with E-state index < -0.39 is 0 Å². The Morgan fingerprint density at radius 2 is 2.21 bits per heavy atom. The quantitative estimate of drug-likeness (QED) is 0.884. The fourth-order valence-electron chi connectivity index (χ4n) is 3.44. The van der Waals surface area contributed by atoms with Gasteiger partial charge in [0, 0.05) is 24.8 Å². The lowest BCUT2D eigenvalue weighted by atomic mass is 10.0. The van der Waals surface area contributed by atoms with Crippen molar-refractivity contribution < 1.29 is 0 Å². The maximum absolute atomic E-state index is 4.67. The second kappa shape index (κ2) is 4.49. The molecule has 5 nitrogen and oxygen atoms in total. The zero-order valence-electron chi connectivity index (χ0n) is 11.0. The minimum absolute atomic E-state index is 0.569. The van der Waals surface area contributed by atoms with Crippen molar-refractivity contribution in [1.29, 1.82) is 0 Å². The fraction of sp³-hybridized carbons (Fsp3) is 0.571. The molecule has 2 atom stereocenters. The van der Waals surface area contributed by atoms with Crippen molar-refractivity contribution in [1.82, 2.24) is 19.9 Å². The van der Waals surface area contributed by atoms with Gasteiger partial charge in [0.15, 0.2) is 5.65 Å². The Morgan fingerprint density at radius 3 is 3.05 bits per heavy atom. The highest BCUT2D eigenvalue weighted by Crippen LogP contribution is 2.28. The first kappa shape index (κ1) is 11.2. The summed E-state index contributed by atoms with van der Waals surface area (Å²) in [5.74, 6) is 0.891. The van der Waals surface area contributed by atoms with Gasteiger partial charge in [-0.3, -0.25) is 0 Å². The van der Waals surface area contributed by atoms with Crippen LogP contribution in [0.15, 0.2) is 24.4 Å². The number of rotatable bonds is 2. The minimum atomic E-state index is 0.569. The van der Waals surface area contributed by atoms with Gasteiger partial charge in [-0.25, -0.2) is 4.52 Å². The van der Waals surface area contributed by atoms with Gasteiger partial charge in [-0.15, -0.1) is 5.10 Å². The first-order valence-corrected chi connectivity index (χ1v) is 7.23. The summed E-state index contributed by atoms with van der Waals surface area (Å²) in [6, 6.07) is 7.20. The van der Waals surface area contributed by atoms with Crippen LogP contribution in [0.5, 0.6) is 0 Å². The van der Waals surface area contributed by atoms with Gasteiger partial charge in [0.05, 0.1) is 0 Å². The third-order valence-electron chi connectivity index (χ3n) is 4.35. The first-order valence-electron chi connectivity index (χ1n) is 7.23. The molecule has 2 fully saturated rings. The van der Waals surface area contributed by atoms with Crippen molar-refractivity contribution in [2.45, 2.75) is 37.8 Å². The number of nitrogens with zero attached hydrogens (tertiary/aromatic N) is 4. The zero-order chi connectivity index (χ0) is 12.7.